The Labute approximate surface area is 149 Å². The lowest BCUT2D eigenvalue weighted by Crippen LogP contribution is -2.10. The summed E-state index contributed by atoms with van der Waals surface area (Å²) in [7, 11) is 0. The largest absolute Gasteiger partial charge is 0.449 e. The molecule has 1 aliphatic rings. The molecule has 0 spiro atoms. The third-order valence-corrected chi connectivity index (χ3v) is 3.92. The van der Waals surface area contributed by atoms with Crippen molar-refractivity contribution in [1.29, 1.82) is 0 Å². The maximum atomic E-state index is 12.3. The number of carbonyl (C=O) groups excluding carboxylic acids is 1. The van der Waals surface area contributed by atoms with Crippen LogP contribution in [0.15, 0.2) is 47.4 Å². The molecule has 1 unspecified atom stereocenters. The van der Waals surface area contributed by atoms with Gasteiger partial charge < -0.3 is 14.6 Å². The summed E-state index contributed by atoms with van der Waals surface area (Å²) >= 11 is 0. The van der Waals surface area contributed by atoms with Crippen molar-refractivity contribution in [2.75, 3.05) is 5.32 Å². The van der Waals surface area contributed by atoms with Crippen LogP contribution in [0.1, 0.15) is 42.1 Å². The van der Waals surface area contributed by atoms with Crippen LogP contribution in [-0.4, -0.2) is 32.1 Å². The van der Waals surface area contributed by atoms with Gasteiger partial charge in [-0.1, -0.05) is 5.16 Å². The van der Waals surface area contributed by atoms with E-state index in [9.17, 15) is 4.79 Å². The van der Waals surface area contributed by atoms with Gasteiger partial charge in [0.25, 0.3) is 5.89 Å². The van der Waals surface area contributed by atoms with E-state index in [0.29, 0.717) is 17.4 Å². The molecule has 0 saturated heterocycles. The highest BCUT2D eigenvalue weighted by Crippen LogP contribution is 2.24. The zero-order chi connectivity index (χ0) is 17.9. The Kier molecular flexibility index (Phi) is 4.30. The number of aromatic nitrogens is 4. The Morgan fingerprint density at radius 1 is 1.31 bits per heavy atom. The van der Waals surface area contributed by atoms with Crippen molar-refractivity contribution in [2.24, 2.45) is 0 Å². The molecule has 1 atom stereocenters. The van der Waals surface area contributed by atoms with Gasteiger partial charge in [-0.25, -0.2) is 9.78 Å². The van der Waals surface area contributed by atoms with Crippen molar-refractivity contribution in [3.8, 4) is 11.4 Å². The van der Waals surface area contributed by atoms with Crippen LogP contribution in [0.5, 0.6) is 0 Å². The summed E-state index contributed by atoms with van der Waals surface area (Å²) in [6.45, 7) is 1.68. The maximum Gasteiger partial charge on any atom is 0.340 e. The molecule has 132 valence electrons. The van der Waals surface area contributed by atoms with Crippen molar-refractivity contribution < 1.29 is 14.1 Å². The first-order valence-corrected chi connectivity index (χ1v) is 8.36. The molecule has 3 aromatic rings. The van der Waals surface area contributed by atoms with Gasteiger partial charge in [-0.2, -0.15) is 4.98 Å². The summed E-state index contributed by atoms with van der Waals surface area (Å²) in [5.74, 6) is 0.879. The summed E-state index contributed by atoms with van der Waals surface area (Å²) in [5.41, 5.74) is 1.09. The van der Waals surface area contributed by atoms with Crippen molar-refractivity contribution in [3.63, 3.8) is 0 Å². The fourth-order valence-electron chi connectivity index (χ4n) is 2.33. The van der Waals surface area contributed by atoms with Gasteiger partial charge >= 0.3 is 5.97 Å². The number of esters is 1. The van der Waals surface area contributed by atoms with E-state index in [1.807, 2.05) is 6.07 Å². The third-order valence-electron chi connectivity index (χ3n) is 3.92. The van der Waals surface area contributed by atoms with Gasteiger partial charge in [0.2, 0.25) is 5.82 Å². The van der Waals surface area contributed by atoms with Crippen molar-refractivity contribution in [3.05, 3.63) is 54.3 Å². The molecule has 4 rings (SSSR count). The zero-order valence-corrected chi connectivity index (χ0v) is 14.1. The Bertz CT molecular complexity index is 891. The molecule has 3 aromatic heterocycles. The Hall–Kier alpha value is -3.29. The van der Waals surface area contributed by atoms with Crippen LogP contribution in [0.25, 0.3) is 11.4 Å². The van der Waals surface area contributed by atoms with Crippen LogP contribution in [0, 0.1) is 0 Å². The molecule has 1 fully saturated rings. The van der Waals surface area contributed by atoms with Gasteiger partial charge in [0.15, 0.2) is 6.10 Å². The highest BCUT2D eigenvalue weighted by atomic mass is 16.6. The number of nitrogens with zero attached hydrogens (tertiary/aromatic N) is 4. The summed E-state index contributed by atoms with van der Waals surface area (Å²) in [5, 5.41) is 7.16. The summed E-state index contributed by atoms with van der Waals surface area (Å²) in [6.07, 6.45) is 6.43. The number of carbonyl (C=O) groups is 1. The maximum absolute atomic E-state index is 12.3. The number of anilines is 1. The van der Waals surface area contributed by atoms with Gasteiger partial charge in [0.05, 0.1) is 5.56 Å². The predicted octanol–water partition coefficient (Wildman–Crippen LogP) is 3.02. The molecule has 1 saturated carbocycles. The number of hydrogen-bond acceptors (Lipinski definition) is 8. The molecule has 8 heteroatoms. The standard InChI is InChI=1S/C18H17N5O3/c1-11(17-22-16(23-26-17)12-3-2-8-19-9-12)25-18(24)13-4-7-15(20-10-13)21-14-5-6-14/h2-4,7-11,14H,5-6H2,1H3,(H,20,21). The Morgan fingerprint density at radius 3 is 2.88 bits per heavy atom. The average Bonchev–Trinajstić information content (AvgIpc) is 3.34. The van der Waals surface area contributed by atoms with E-state index in [0.717, 1.165) is 24.2 Å². The van der Waals surface area contributed by atoms with Gasteiger partial charge in [-0.05, 0) is 44.0 Å². The molecule has 3 heterocycles. The van der Waals surface area contributed by atoms with E-state index in [1.165, 1.54) is 6.20 Å². The minimum Gasteiger partial charge on any atom is -0.449 e. The monoisotopic (exact) mass is 351 g/mol. The van der Waals surface area contributed by atoms with Gasteiger partial charge in [0, 0.05) is 30.2 Å². The number of ether oxygens (including phenoxy) is 1. The minimum absolute atomic E-state index is 0.220. The van der Waals surface area contributed by atoms with Gasteiger partial charge in [0.1, 0.15) is 5.82 Å². The molecule has 0 amide bonds. The fraction of sp³-hybridized carbons (Fsp3) is 0.278. The quantitative estimate of drug-likeness (QED) is 0.676. The first-order valence-electron chi connectivity index (χ1n) is 8.36. The fourth-order valence-corrected chi connectivity index (χ4v) is 2.33. The smallest absolute Gasteiger partial charge is 0.340 e. The SMILES string of the molecule is CC(OC(=O)c1ccc(NC2CC2)nc1)c1nc(-c2cccnc2)no1. The summed E-state index contributed by atoms with van der Waals surface area (Å²) < 4.78 is 10.6. The Balaban J connectivity index is 1.40. The second-order valence-corrected chi connectivity index (χ2v) is 6.10. The zero-order valence-electron chi connectivity index (χ0n) is 14.1. The molecule has 0 radical (unpaired) electrons. The van der Waals surface area contributed by atoms with Crippen LogP contribution in [0.2, 0.25) is 0 Å². The molecule has 0 bridgehead atoms. The Morgan fingerprint density at radius 2 is 2.19 bits per heavy atom. The molecule has 26 heavy (non-hydrogen) atoms. The van der Waals surface area contributed by atoms with E-state index < -0.39 is 12.1 Å². The molecule has 1 aliphatic carbocycles. The lowest BCUT2D eigenvalue weighted by Gasteiger charge is -2.09. The van der Waals surface area contributed by atoms with Crippen molar-refractivity contribution in [1.82, 2.24) is 20.1 Å². The normalized spacial score (nSPS) is 14.7. The van der Waals surface area contributed by atoms with Crippen LogP contribution in [0.4, 0.5) is 5.82 Å². The lowest BCUT2D eigenvalue weighted by atomic mass is 10.2. The molecular formula is C18H17N5O3. The predicted molar refractivity (Wildman–Crippen MR) is 92.2 cm³/mol. The van der Waals surface area contributed by atoms with E-state index in [-0.39, 0.29) is 5.89 Å². The lowest BCUT2D eigenvalue weighted by molar-refractivity contribution is 0.0265. The third kappa shape index (κ3) is 3.69. The van der Waals surface area contributed by atoms with Crippen molar-refractivity contribution in [2.45, 2.75) is 31.9 Å². The summed E-state index contributed by atoms with van der Waals surface area (Å²) in [4.78, 5) is 24.8. The minimum atomic E-state index is -0.676. The molecule has 1 N–H and O–H groups in total. The summed E-state index contributed by atoms with van der Waals surface area (Å²) in [6, 6.07) is 7.56. The first-order chi connectivity index (χ1) is 12.7. The number of pyridine rings is 2. The highest BCUT2D eigenvalue weighted by molar-refractivity contribution is 5.89. The van der Waals surface area contributed by atoms with Crippen LogP contribution >= 0.6 is 0 Å². The average molecular weight is 351 g/mol. The van der Waals surface area contributed by atoms with Crippen LogP contribution in [-0.2, 0) is 4.74 Å². The first kappa shape index (κ1) is 16.2. The van der Waals surface area contributed by atoms with Gasteiger partial charge in [-0.3, -0.25) is 4.98 Å². The van der Waals surface area contributed by atoms with Crippen LogP contribution < -0.4 is 5.32 Å². The van der Waals surface area contributed by atoms with E-state index >= 15 is 0 Å². The van der Waals surface area contributed by atoms with E-state index in [4.69, 9.17) is 9.26 Å². The molecule has 0 aromatic carbocycles. The second-order valence-electron chi connectivity index (χ2n) is 6.10. The van der Waals surface area contributed by atoms with E-state index in [1.54, 1.807) is 37.5 Å². The molecular weight excluding hydrogens is 334 g/mol. The molecule has 0 aliphatic heterocycles. The molecule has 8 nitrogen and oxygen atoms in total. The number of rotatable bonds is 6. The highest BCUT2D eigenvalue weighted by Gasteiger charge is 2.22. The topological polar surface area (TPSA) is 103 Å². The number of hydrogen-bond donors (Lipinski definition) is 1. The number of nitrogens with one attached hydrogen (secondary N) is 1. The van der Waals surface area contributed by atoms with E-state index in [2.05, 4.69) is 25.4 Å². The van der Waals surface area contributed by atoms with Crippen molar-refractivity contribution >= 4 is 11.8 Å². The van der Waals surface area contributed by atoms with Gasteiger partial charge in [-0.15, -0.1) is 0 Å². The van der Waals surface area contributed by atoms with Crippen LogP contribution in [0.3, 0.4) is 0 Å². The second kappa shape index (κ2) is 6.91.